The van der Waals surface area contributed by atoms with Gasteiger partial charge in [-0.15, -0.1) is 0 Å². The van der Waals surface area contributed by atoms with Gasteiger partial charge in [0.15, 0.2) is 0 Å². The number of piperidine rings is 1. The average Bonchev–Trinajstić information content (AvgIpc) is 3.33. The number of likely N-dealkylation sites (tertiary alicyclic amines) is 1. The largest absolute Gasteiger partial charge is 0.497 e. The molecule has 1 fully saturated rings. The molecule has 4 heterocycles. The molecule has 10 nitrogen and oxygen atoms in total. The molecule has 0 aliphatic carbocycles. The number of nitrogen functional groups attached to an aromatic ring is 1. The lowest BCUT2D eigenvalue weighted by Gasteiger charge is -2.31. The van der Waals surface area contributed by atoms with E-state index in [1.54, 1.807) is 50.7 Å². The number of benzene rings is 1. The molecule has 3 aromatic heterocycles. The second kappa shape index (κ2) is 9.88. The highest BCUT2D eigenvalue weighted by Crippen LogP contribution is 2.35. The van der Waals surface area contributed by atoms with Crippen LogP contribution in [0.15, 0.2) is 48.8 Å². The van der Waals surface area contributed by atoms with Gasteiger partial charge in [0, 0.05) is 61.2 Å². The number of anilines is 2. The first-order valence-corrected chi connectivity index (χ1v) is 12.2. The Morgan fingerprint density at radius 1 is 1.16 bits per heavy atom. The Morgan fingerprint density at radius 3 is 2.68 bits per heavy atom. The molecule has 3 N–H and O–H groups in total. The van der Waals surface area contributed by atoms with E-state index in [4.69, 9.17) is 15.5 Å². The first-order valence-electron chi connectivity index (χ1n) is 12.2. The number of methoxy groups -OCH3 is 1. The smallest absolute Gasteiger partial charge is 0.256 e. The fourth-order valence-corrected chi connectivity index (χ4v) is 4.84. The van der Waals surface area contributed by atoms with E-state index in [9.17, 15) is 9.59 Å². The van der Waals surface area contributed by atoms with E-state index >= 15 is 0 Å². The summed E-state index contributed by atoms with van der Waals surface area (Å²) in [7, 11) is 1.56. The van der Waals surface area contributed by atoms with Gasteiger partial charge in [-0.1, -0.05) is 12.1 Å². The summed E-state index contributed by atoms with van der Waals surface area (Å²) in [6, 6.07) is 10.6. The van der Waals surface area contributed by atoms with Gasteiger partial charge in [-0.3, -0.25) is 14.0 Å². The third-order valence-corrected chi connectivity index (χ3v) is 6.75. The van der Waals surface area contributed by atoms with Crippen molar-refractivity contribution in [3.63, 3.8) is 0 Å². The predicted molar refractivity (Wildman–Crippen MR) is 141 cm³/mol. The van der Waals surface area contributed by atoms with Gasteiger partial charge >= 0.3 is 0 Å². The summed E-state index contributed by atoms with van der Waals surface area (Å²) in [4.78, 5) is 40.3. The number of ether oxygens (including phenoxy) is 1. The average molecular weight is 500 g/mol. The van der Waals surface area contributed by atoms with E-state index in [0.29, 0.717) is 35.2 Å². The van der Waals surface area contributed by atoms with Crippen molar-refractivity contribution in [1.29, 1.82) is 0 Å². The highest BCUT2D eigenvalue weighted by Gasteiger charge is 2.29. The van der Waals surface area contributed by atoms with Crippen molar-refractivity contribution in [2.75, 3.05) is 31.2 Å². The second-order valence-electron chi connectivity index (χ2n) is 9.20. The normalized spacial score (nSPS) is 15.5. The number of aromatic nitrogens is 4. The number of fused-ring (bicyclic) bond motifs is 1. The number of nitrogens with zero attached hydrogens (tertiary/aromatic N) is 5. The lowest BCUT2D eigenvalue weighted by molar-refractivity contribution is -0.130. The zero-order valence-electron chi connectivity index (χ0n) is 21.1. The van der Waals surface area contributed by atoms with Gasteiger partial charge < -0.3 is 20.7 Å². The number of carbonyl (C=O) groups excluding carboxylic acids is 2. The zero-order valence-corrected chi connectivity index (χ0v) is 21.1. The minimum Gasteiger partial charge on any atom is -0.497 e. The summed E-state index contributed by atoms with van der Waals surface area (Å²) in [5.41, 5.74) is 9.99. The molecule has 37 heavy (non-hydrogen) atoms. The predicted octanol–water partition coefficient (Wildman–Crippen LogP) is 3.67. The topological polar surface area (TPSA) is 128 Å². The molecule has 1 atom stereocenters. The van der Waals surface area contributed by atoms with Crippen molar-refractivity contribution in [3.05, 3.63) is 65.9 Å². The number of hydrogen-bond donors (Lipinski definition) is 2. The van der Waals surface area contributed by atoms with Crippen LogP contribution >= 0.6 is 0 Å². The fourth-order valence-electron chi connectivity index (χ4n) is 4.84. The number of nitrogens with one attached hydrogen (secondary N) is 1. The Balaban J connectivity index is 1.48. The molecule has 4 aromatic rings. The van der Waals surface area contributed by atoms with Crippen LogP contribution in [0.5, 0.6) is 5.75 Å². The zero-order chi connectivity index (χ0) is 26.1. The van der Waals surface area contributed by atoms with Gasteiger partial charge in [-0.2, -0.15) is 0 Å². The second-order valence-corrected chi connectivity index (χ2v) is 9.20. The standard InChI is InChI=1S/C27H29N7O3/c1-16-14-30-25(28)24-23(32-26(34(16)24)20-5-4-12-33(15-20)17(2)35)18-6-8-19(9-7-18)27(36)31-22-13-21(37-3)10-11-29-22/h6-11,13-14,20H,4-5,12,15H2,1-3H3,(H2,28,30)(H,29,31,36)/t20-/m1/s1. The molecule has 0 spiro atoms. The van der Waals surface area contributed by atoms with Crippen molar-refractivity contribution < 1.29 is 14.3 Å². The van der Waals surface area contributed by atoms with Crippen LogP contribution in [0.3, 0.4) is 0 Å². The molecule has 0 unspecified atom stereocenters. The summed E-state index contributed by atoms with van der Waals surface area (Å²) >= 11 is 0. The number of nitrogens with two attached hydrogens (primary N) is 1. The number of hydrogen-bond acceptors (Lipinski definition) is 7. The summed E-state index contributed by atoms with van der Waals surface area (Å²) < 4.78 is 7.24. The molecule has 1 aromatic carbocycles. The van der Waals surface area contributed by atoms with Crippen molar-refractivity contribution in [1.82, 2.24) is 24.3 Å². The van der Waals surface area contributed by atoms with Gasteiger partial charge in [0.2, 0.25) is 5.91 Å². The van der Waals surface area contributed by atoms with Gasteiger partial charge in [-0.05, 0) is 38.0 Å². The molecule has 1 saturated heterocycles. The first-order chi connectivity index (χ1) is 17.9. The minimum absolute atomic E-state index is 0.0710. The Labute approximate surface area is 214 Å². The fraction of sp³-hybridized carbons (Fsp3) is 0.296. The van der Waals surface area contributed by atoms with Crippen molar-refractivity contribution in [2.24, 2.45) is 0 Å². The number of aryl methyl sites for hydroxylation is 1. The number of carbonyl (C=O) groups is 2. The van der Waals surface area contributed by atoms with E-state index in [1.807, 2.05) is 24.0 Å². The first kappa shape index (κ1) is 24.2. The molecule has 0 saturated carbocycles. The van der Waals surface area contributed by atoms with Crippen LogP contribution < -0.4 is 15.8 Å². The van der Waals surface area contributed by atoms with Crippen molar-refractivity contribution >= 4 is 29.0 Å². The Hall–Kier alpha value is -4.47. The van der Waals surface area contributed by atoms with E-state index in [0.717, 1.165) is 42.0 Å². The third kappa shape index (κ3) is 4.69. The van der Waals surface area contributed by atoms with Crippen molar-refractivity contribution in [2.45, 2.75) is 32.6 Å². The molecule has 5 rings (SSSR count). The SMILES string of the molecule is COc1ccnc(NC(=O)c2ccc(-c3nc([C@@H]4CCCN(C(C)=O)C4)n4c(C)cnc(N)c34)cc2)c1. The van der Waals surface area contributed by atoms with E-state index in [1.165, 1.54) is 0 Å². The van der Waals surface area contributed by atoms with Crippen LogP contribution in [0.2, 0.25) is 0 Å². The maximum atomic E-state index is 12.8. The minimum atomic E-state index is -0.286. The van der Waals surface area contributed by atoms with Gasteiger partial charge in [0.05, 0.1) is 7.11 Å². The van der Waals surface area contributed by atoms with Gasteiger partial charge in [-0.25, -0.2) is 15.0 Å². The van der Waals surface area contributed by atoms with E-state index in [-0.39, 0.29) is 17.7 Å². The summed E-state index contributed by atoms with van der Waals surface area (Å²) in [5.74, 6) is 2.12. The molecule has 1 aliphatic rings. The molecule has 10 heteroatoms. The maximum Gasteiger partial charge on any atom is 0.256 e. The van der Waals surface area contributed by atoms with Crippen LogP contribution in [0, 0.1) is 6.92 Å². The summed E-state index contributed by atoms with van der Waals surface area (Å²) in [5, 5.41) is 2.79. The molecule has 190 valence electrons. The monoisotopic (exact) mass is 499 g/mol. The van der Waals surface area contributed by atoms with Gasteiger partial charge in [0.25, 0.3) is 5.91 Å². The summed E-state index contributed by atoms with van der Waals surface area (Å²) in [6.07, 6.45) is 5.16. The molecular weight excluding hydrogens is 470 g/mol. The highest BCUT2D eigenvalue weighted by atomic mass is 16.5. The lowest BCUT2D eigenvalue weighted by atomic mass is 9.97. The van der Waals surface area contributed by atoms with E-state index in [2.05, 4.69) is 19.7 Å². The van der Waals surface area contributed by atoms with Crippen LogP contribution in [0.1, 0.15) is 47.6 Å². The number of amides is 2. The Kier molecular flexibility index (Phi) is 6.47. The molecule has 1 aliphatic heterocycles. The quantitative estimate of drug-likeness (QED) is 0.429. The number of imidazole rings is 1. The maximum absolute atomic E-state index is 12.8. The summed E-state index contributed by atoms with van der Waals surface area (Å²) in [6.45, 7) is 4.96. The van der Waals surface area contributed by atoms with Crippen LogP contribution in [-0.2, 0) is 4.79 Å². The molecule has 2 amide bonds. The van der Waals surface area contributed by atoms with Crippen LogP contribution in [0.25, 0.3) is 16.8 Å². The van der Waals surface area contributed by atoms with E-state index < -0.39 is 0 Å². The lowest BCUT2D eigenvalue weighted by Crippen LogP contribution is -2.38. The van der Waals surface area contributed by atoms with Crippen molar-refractivity contribution in [3.8, 4) is 17.0 Å². The van der Waals surface area contributed by atoms with Crippen LogP contribution in [0.4, 0.5) is 11.6 Å². The molecular formula is C27H29N7O3. The highest BCUT2D eigenvalue weighted by molar-refractivity contribution is 6.04. The number of rotatable bonds is 5. The Bertz CT molecular complexity index is 1480. The molecule has 0 radical (unpaired) electrons. The Morgan fingerprint density at radius 2 is 1.95 bits per heavy atom. The van der Waals surface area contributed by atoms with Crippen LogP contribution in [-0.4, -0.2) is 56.3 Å². The molecule has 0 bridgehead atoms. The number of pyridine rings is 1. The third-order valence-electron chi connectivity index (χ3n) is 6.75. The van der Waals surface area contributed by atoms with Gasteiger partial charge in [0.1, 0.15) is 34.4 Å².